The lowest BCUT2D eigenvalue weighted by atomic mass is 10.2. The minimum absolute atomic E-state index is 0.0621. The molecule has 0 radical (unpaired) electrons. The number of amides is 1. The lowest BCUT2D eigenvalue weighted by Crippen LogP contribution is -2.30. The van der Waals surface area contributed by atoms with Gasteiger partial charge in [-0.15, -0.1) is 11.8 Å². The molecule has 0 heterocycles. The fourth-order valence-electron chi connectivity index (χ4n) is 3.09. The molecule has 0 aromatic heterocycles. The minimum atomic E-state index is -3.84. The van der Waals surface area contributed by atoms with E-state index in [9.17, 15) is 13.2 Å². The summed E-state index contributed by atoms with van der Waals surface area (Å²) in [5.74, 6) is 0.0201. The molecule has 0 saturated heterocycles. The third kappa shape index (κ3) is 5.03. The number of thioether (sulfide) groups is 1. The van der Waals surface area contributed by atoms with Crippen molar-refractivity contribution in [3.05, 3.63) is 78.4 Å². The number of anilines is 2. The molecule has 0 bridgehead atoms. The fraction of sp³-hybridized carbons (Fsp3) is 0.174. The molecule has 1 N–H and O–H groups in total. The lowest BCUT2D eigenvalue weighted by Gasteiger charge is -2.23. The Balaban J connectivity index is 1.94. The number of methoxy groups -OCH3 is 1. The molecule has 31 heavy (non-hydrogen) atoms. The summed E-state index contributed by atoms with van der Waals surface area (Å²) in [7, 11) is -2.37. The molecule has 0 aliphatic rings. The van der Waals surface area contributed by atoms with E-state index in [1.54, 1.807) is 55.1 Å². The highest BCUT2D eigenvalue weighted by Gasteiger charge is 2.25. The quantitative estimate of drug-likeness (QED) is 0.489. The predicted molar refractivity (Wildman–Crippen MR) is 126 cm³/mol. The number of benzene rings is 3. The Kier molecular flexibility index (Phi) is 7.25. The van der Waals surface area contributed by atoms with Gasteiger partial charge in [-0.05, 0) is 67.8 Å². The zero-order chi connectivity index (χ0) is 22.4. The van der Waals surface area contributed by atoms with Gasteiger partial charge in [0.1, 0.15) is 5.75 Å². The molecule has 8 heteroatoms. The van der Waals surface area contributed by atoms with Crippen LogP contribution in [0.15, 0.2) is 82.6 Å². The molecule has 0 fully saturated rings. The summed E-state index contributed by atoms with van der Waals surface area (Å²) in [4.78, 5) is 13.8. The maximum Gasteiger partial charge on any atom is 0.264 e. The summed E-state index contributed by atoms with van der Waals surface area (Å²) in [5, 5.41) is 2.77. The Morgan fingerprint density at radius 2 is 1.71 bits per heavy atom. The molecule has 0 atom stereocenters. The molecule has 162 valence electrons. The van der Waals surface area contributed by atoms with Crippen molar-refractivity contribution in [3.8, 4) is 5.75 Å². The summed E-state index contributed by atoms with van der Waals surface area (Å²) < 4.78 is 33.3. The maximum absolute atomic E-state index is 13.3. The summed E-state index contributed by atoms with van der Waals surface area (Å²) in [6.45, 7) is 2.04. The van der Waals surface area contributed by atoms with Crippen LogP contribution in [0.5, 0.6) is 5.75 Å². The van der Waals surface area contributed by atoms with Crippen LogP contribution in [0.3, 0.4) is 0 Å². The number of nitrogens with zero attached hydrogens (tertiary/aromatic N) is 1. The van der Waals surface area contributed by atoms with Gasteiger partial charge in [0, 0.05) is 17.0 Å². The molecular formula is C23H24N2O4S2. The van der Waals surface area contributed by atoms with Crippen molar-refractivity contribution in [1.29, 1.82) is 0 Å². The van der Waals surface area contributed by atoms with Crippen molar-refractivity contribution in [2.24, 2.45) is 0 Å². The third-order valence-corrected chi connectivity index (χ3v) is 7.33. The topological polar surface area (TPSA) is 75.7 Å². The SMILES string of the molecule is CCN(c1ccccc1)S(=O)(=O)c1ccc(OC)c(NC(=O)c2ccc(SC)cc2)c1. The Morgan fingerprint density at radius 1 is 1.03 bits per heavy atom. The second-order valence-corrected chi connectivity index (χ2v) is 9.29. The van der Waals surface area contributed by atoms with Crippen LogP contribution < -0.4 is 14.4 Å². The van der Waals surface area contributed by atoms with Crippen LogP contribution in [-0.2, 0) is 10.0 Å². The number of hydrogen-bond donors (Lipinski definition) is 1. The second kappa shape index (κ2) is 9.89. The molecule has 3 aromatic rings. The molecular weight excluding hydrogens is 432 g/mol. The van der Waals surface area contributed by atoms with Gasteiger partial charge in [0.15, 0.2) is 0 Å². The van der Waals surface area contributed by atoms with E-state index in [0.29, 0.717) is 17.0 Å². The fourth-order valence-corrected chi connectivity index (χ4v) is 5.00. The monoisotopic (exact) mass is 456 g/mol. The van der Waals surface area contributed by atoms with Gasteiger partial charge in [0.05, 0.1) is 23.4 Å². The van der Waals surface area contributed by atoms with Gasteiger partial charge >= 0.3 is 0 Å². The number of rotatable bonds is 8. The molecule has 0 unspecified atom stereocenters. The molecule has 3 aromatic carbocycles. The number of ether oxygens (including phenoxy) is 1. The van der Waals surface area contributed by atoms with Crippen LogP contribution in [0.4, 0.5) is 11.4 Å². The molecule has 1 amide bonds. The van der Waals surface area contributed by atoms with Gasteiger partial charge < -0.3 is 10.1 Å². The number of nitrogens with one attached hydrogen (secondary N) is 1. The van der Waals surface area contributed by atoms with Crippen LogP contribution in [0, 0.1) is 0 Å². The van der Waals surface area contributed by atoms with Crippen LogP contribution >= 0.6 is 11.8 Å². The van der Waals surface area contributed by atoms with Crippen molar-refractivity contribution >= 4 is 39.1 Å². The molecule has 0 aliphatic heterocycles. The van der Waals surface area contributed by atoms with Crippen LogP contribution in [0.25, 0.3) is 0 Å². The summed E-state index contributed by atoms with van der Waals surface area (Å²) in [5.41, 5.74) is 1.32. The smallest absolute Gasteiger partial charge is 0.264 e. The maximum atomic E-state index is 13.3. The van der Waals surface area contributed by atoms with Crippen molar-refractivity contribution in [2.75, 3.05) is 29.5 Å². The van der Waals surface area contributed by atoms with Crippen molar-refractivity contribution in [3.63, 3.8) is 0 Å². The van der Waals surface area contributed by atoms with Gasteiger partial charge in [0.2, 0.25) is 0 Å². The Hall–Kier alpha value is -2.97. The number of carbonyl (C=O) groups is 1. The number of carbonyl (C=O) groups excluding carboxylic acids is 1. The first-order valence-corrected chi connectivity index (χ1v) is 12.3. The second-order valence-electron chi connectivity index (χ2n) is 6.55. The van der Waals surface area contributed by atoms with E-state index in [1.165, 1.54) is 29.6 Å². The number of para-hydroxylation sites is 1. The molecule has 0 aliphatic carbocycles. The Labute approximate surface area is 187 Å². The summed E-state index contributed by atoms with van der Waals surface area (Å²) in [6.07, 6.45) is 1.96. The third-order valence-electron chi connectivity index (χ3n) is 4.69. The highest BCUT2D eigenvalue weighted by molar-refractivity contribution is 7.98. The van der Waals surface area contributed by atoms with Gasteiger partial charge in [-0.1, -0.05) is 18.2 Å². The molecule has 0 spiro atoms. The van der Waals surface area contributed by atoms with Gasteiger partial charge in [-0.3, -0.25) is 9.10 Å². The van der Waals surface area contributed by atoms with E-state index in [-0.39, 0.29) is 23.0 Å². The molecule has 6 nitrogen and oxygen atoms in total. The van der Waals surface area contributed by atoms with Crippen LogP contribution in [-0.4, -0.2) is 34.2 Å². The first kappa shape index (κ1) is 22.7. The standard InChI is InChI=1S/C23H24N2O4S2/c1-4-25(18-8-6-5-7-9-18)31(27,28)20-14-15-22(29-2)21(16-20)24-23(26)17-10-12-19(30-3)13-11-17/h5-16H,4H2,1-3H3,(H,24,26). The summed E-state index contributed by atoms with van der Waals surface area (Å²) in [6, 6.07) is 20.5. The predicted octanol–water partition coefficient (Wildman–Crippen LogP) is 4.88. The van der Waals surface area contributed by atoms with Crippen molar-refractivity contribution < 1.29 is 17.9 Å². The van der Waals surface area contributed by atoms with Gasteiger partial charge in [-0.25, -0.2) is 8.42 Å². The first-order valence-electron chi connectivity index (χ1n) is 9.62. The van der Waals surface area contributed by atoms with Gasteiger partial charge in [-0.2, -0.15) is 0 Å². The molecule has 0 saturated carbocycles. The minimum Gasteiger partial charge on any atom is -0.495 e. The van der Waals surface area contributed by atoms with E-state index < -0.39 is 10.0 Å². The van der Waals surface area contributed by atoms with Crippen molar-refractivity contribution in [2.45, 2.75) is 16.7 Å². The summed E-state index contributed by atoms with van der Waals surface area (Å²) >= 11 is 1.58. The highest BCUT2D eigenvalue weighted by atomic mass is 32.2. The zero-order valence-corrected chi connectivity index (χ0v) is 19.2. The van der Waals surface area contributed by atoms with Gasteiger partial charge in [0.25, 0.3) is 15.9 Å². The Bertz CT molecular complexity index is 1150. The number of hydrogen-bond acceptors (Lipinski definition) is 5. The number of sulfonamides is 1. The van der Waals surface area contributed by atoms with E-state index in [1.807, 2.05) is 24.5 Å². The van der Waals surface area contributed by atoms with Crippen molar-refractivity contribution in [1.82, 2.24) is 0 Å². The van der Waals surface area contributed by atoms with E-state index >= 15 is 0 Å². The average Bonchev–Trinajstić information content (AvgIpc) is 2.80. The van der Waals surface area contributed by atoms with E-state index in [4.69, 9.17) is 4.74 Å². The highest BCUT2D eigenvalue weighted by Crippen LogP contribution is 2.31. The average molecular weight is 457 g/mol. The zero-order valence-electron chi connectivity index (χ0n) is 17.5. The first-order chi connectivity index (χ1) is 14.9. The van der Waals surface area contributed by atoms with E-state index in [2.05, 4.69) is 5.32 Å². The van der Waals surface area contributed by atoms with Crippen LogP contribution in [0.1, 0.15) is 17.3 Å². The van der Waals surface area contributed by atoms with E-state index in [0.717, 1.165) is 4.90 Å². The molecule has 3 rings (SSSR count). The lowest BCUT2D eigenvalue weighted by molar-refractivity contribution is 0.102. The normalized spacial score (nSPS) is 11.1. The Morgan fingerprint density at radius 3 is 2.29 bits per heavy atom. The van der Waals surface area contributed by atoms with Crippen LogP contribution in [0.2, 0.25) is 0 Å². The largest absolute Gasteiger partial charge is 0.495 e.